The van der Waals surface area contributed by atoms with Gasteiger partial charge in [0.15, 0.2) is 12.4 Å². The lowest BCUT2D eigenvalue weighted by molar-refractivity contribution is -0.276. The smallest absolute Gasteiger partial charge is 0.184 e. The van der Waals surface area contributed by atoms with Gasteiger partial charge in [0.25, 0.3) is 0 Å². The molecular formula is C13H14O4. The Bertz CT molecular complexity index is 403. The minimum absolute atomic E-state index is 0.227. The van der Waals surface area contributed by atoms with Crippen molar-refractivity contribution in [1.29, 1.82) is 0 Å². The predicted molar refractivity (Wildman–Crippen MR) is 60.0 cm³/mol. The van der Waals surface area contributed by atoms with Crippen LogP contribution < -0.4 is 0 Å². The Morgan fingerprint density at radius 3 is 2.82 bits per heavy atom. The Morgan fingerprint density at radius 1 is 1.18 bits per heavy atom. The van der Waals surface area contributed by atoms with Gasteiger partial charge in [-0.2, -0.15) is 0 Å². The molecule has 0 aliphatic carbocycles. The summed E-state index contributed by atoms with van der Waals surface area (Å²) in [5.74, 6) is 0. The maximum atomic E-state index is 9.82. The molecule has 4 nitrogen and oxygen atoms in total. The van der Waals surface area contributed by atoms with E-state index in [1.807, 2.05) is 30.3 Å². The van der Waals surface area contributed by atoms with Gasteiger partial charge < -0.3 is 19.3 Å². The second kappa shape index (κ2) is 4.49. The van der Waals surface area contributed by atoms with Crippen molar-refractivity contribution in [3.05, 3.63) is 48.2 Å². The molecule has 2 aliphatic rings. The lowest BCUT2D eigenvalue weighted by Gasteiger charge is -2.39. The zero-order chi connectivity index (χ0) is 11.7. The molecule has 90 valence electrons. The van der Waals surface area contributed by atoms with Crippen LogP contribution in [0, 0.1) is 0 Å². The van der Waals surface area contributed by atoms with Crippen molar-refractivity contribution >= 4 is 0 Å². The van der Waals surface area contributed by atoms with Gasteiger partial charge in [-0.25, -0.2) is 0 Å². The van der Waals surface area contributed by atoms with Crippen molar-refractivity contribution in [2.45, 2.75) is 24.6 Å². The van der Waals surface area contributed by atoms with Crippen molar-refractivity contribution in [2.24, 2.45) is 0 Å². The van der Waals surface area contributed by atoms with Crippen LogP contribution >= 0.6 is 0 Å². The lowest BCUT2D eigenvalue weighted by atomic mass is 10.0. The molecule has 0 aromatic heterocycles. The quantitative estimate of drug-likeness (QED) is 0.797. The molecule has 1 N–H and O–H groups in total. The van der Waals surface area contributed by atoms with E-state index in [-0.39, 0.29) is 12.2 Å². The first-order chi connectivity index (χ1) is 8.34. The molecule has 0 spiro atoms. The van der Waals surface area contributed by atoms with E-state index < -0.39 is 12.4 Å². The molecule has 0 bridgehead atoms. The number of rotatable bonds is 1. The number of hydrogen-bond donors (Lipinski definition) is 1. The largest absolute Gasteiger partial charge is 0.493 e. The average Bonchev–Trinajstić information content (AvgIpc) is 2.40. The molecule has 3 unspecified atom stereocenters. The molecule has 2 heterocycles. The van der Waals surface area contributed by atoms with Crippen LogP contribution in [0.25, 0.3) is 0 Å². The number of benzene rings is 1. The van der Waals surface area contributed by atoms with Gasteiger partial charge in [-0.3, -0.25) is 0 Å². The van der Waals surface area contributed by atoms with Crippen LogP contribution in [0.2, 0.25) is 0 Å². The number of fused-ring (bicyclic) bond motifs is 1. The summed E-state index contributed by atoms with van der Waals surface area (Å²) in [6.07, 6.45) is 1.44. The van der Waals surface area contributed by atoms with E-state index in [1.54, 1.807) is 6.08 Å². The highest BCUT2D eigenvalue weighted by molar-refractivity contribution is 5.16. The van der Waals surface area contributed by atoms with E-state index in [0.29, 0.717) is 6.61 Å². The second-order valence-electron chi connectivity index (χ2n) is 4.17. The van der Waals surface area contributed by atoms with Crippen LogP contribution in [-0.4, -0.2) is 30.0 Å². The molecule has 1 fully saturated rings. The minimum atomic E-state index is -0.635. The highest BCUT2D eigenvalue weighted by atomic mass is 16.7. The van der Waals surface area contributed by atoms with Gasteiger partial charge in [0.2, 0.25) is 0 Å². The summed E-state index contributed by atoms with van der Waals surface area (Å²) >= 11 is 0. The summed E-state index contributed by atoms with van der Waals surface area (Å²) in [4.78, 5) is 0. The number of hydrogen-bond acceptors (Lipinski definition) is 4. The molecule has 1 saturated heterocycles. The molecule has 0 saturated carbocycles. The molecular weight excluding hydrogens is 220 g/mol. The zero-order valence-electron chi connectivity index (χ0n) is 9.23. The SMILES string of the molecule is OC1C=COC2COC(c3ccccc3)O[C@@H]12. The Hall–Kier alpha value is -1.36. The summed E-state index contributed by atoms with van der Waals surface area (Å²) in [6.45, 7) is 0.422. The first kappa shape index (κ1) is 10.8. The van der Waals surface area contributed by atoms with Gasteiger partial charge in [-0.1, -0.05) is 30.3 Å². The molecule has 17 heavy (non-hydrogen) atoms. The van der Waals surface area contributed by atoms with Crippen molar-refractivity contribution < 1.29 is 19.3 Å². The first-order valence-electron chi connectivity index (χ1n) is 5.67. The third kappa shape index (κ3) is 2.07. The van der Waals surface area contributed by atoms with E-state index in [0.717, 1.165) is 5.56 Å². The van der Waals surface area contributed by atoms with Crippen LogP contribution in [0.1, 0.15) is 11.9 Å². The summed E-state index contributed by atoms with van der Waals surface area (Å²) in [5.41, 5.74) is 0.952. The molecule has 1 aromatic rings. The molecule has 2 aliphatic heterocycles. The Morgan fingerprint density at radius 2 is 2.00 bits per heavy atom. The summed E-state index contributed by atoms with van der Waals surface area (Å²) in [6, 6.07) is 9.69. The highest BCUT2D eigenvalue weighted by Crippen LogP contribution is 2.30. The van der Waals surface area contributed by atoms with Gasteiger partial charge in [-0.05, 0) is 6.08 Å². The fourth-order valence-corrected chi connectivity index (χ4v) is 2.09. The maximum Gasteiger partial charge on any atom is 0.184 e. The third-order valence-corrected chi connectivity index (χ3v) is 3.00. The molecule has 4 heteroatoms. The number of aliphatic hydroxyl groups is 1. The fraction of sp³-hybridized carbons (Fsp3) is 0.385. The van der Waals surface area contributed by atoms with E-state index >= 15 is 0 Å². The van der Waals surface area contributed by atoms with Gasteiger partial charge in [-0.15, -0.1) is 0 Å². The molecule has 0 amide bonds. The van der Waals surface area contributed by atoms with E-state index in [9.17, 15) is 5.11 Å². The molecule has 3 rings (SSSR count). The monoisotopic (exact) mass is 234 g/mol. The number of aliphatic hydroxyl groups excluding tert-OH is 1. The van der Waals surface area contributed by atoms with E-state index in [2.05, 4.69) is 0 Å². The van der Waals surface area contributed by atoms with Crippen LogP contribution in [0.4, 0.5) is 0 Å². The van der Waals surface area contributed by atoms with Crippen molar-refractivity contribution in [3.8, 4) is 0 Å². The van der Waals surface area contributed by atoms with E-state index in [4.69, 9.17) is 14.2 Å². The third-order valence-electron chi connectivity index (χ3n) is 3.00. The Kier molecular flexibility index (Phi) is 2.84. The lowest BCUT2D eigenvalue weighted by Crippen LogP contribution is -2.49. The Balaban J connectivity index is 1.77. The highest BCUT2D eigenvalue weighted by Gasteiger charge is 2.39. The fourth-order valence-electron chi connectivity index (χ4n) is 2.09. The summed E-state index contributed by atoms with van der Waals surface area (Å²) in [7, 11) is 0. The Labute approximate surface area is 99.4 Å². The molecule has 4 atom stereocenters. The van der Waals surface area contributed by atoms with Crippen LogP contribution in [0.3, 0.4) is 0 Å². The van der Waals surface area contributed by atoms with Crippen LogP contribution in [0.5, 0.6) is 0 Å². The number of ether oxygens (including phenoxy) is 3. The van der Waals surface area contributed by atoms with Crippen LogP contribution in [0.15, 0.2) is 42.7 Å². The first-order valence-corrected chi connectivity index (χ1v) is 5.67. The van der Waals surface area contributed by atoms with Crippen molar-refractivity contribution in [1.82, 2.24) is 0 Å². The van der Waals surface area contributed by atoms with Gasteiger partial charge in [0.1, 0.15) is 12.2 Å². The van der Waals surface area contributed by atoms with Gasteiger partial charge in [0, 0.05) is 5.56 Å². The molecule has 1 aromatic carbocycles. The zero-order valence-corrected chi connectivity index (χ0v) is 9.23. The van der Waals surface area contributed by atoms with Gasteiger partial charge in [0.05, 0.1) is 12.9 Å². The minimum Gasteiger partial charge on any atom is -0.493 e. The maximum absolute atomic E-state index is 9.82. The van der Waals surface area contributed by atoms with Crippen LogP contribution in [-0.2, 0) is 14.2 Å². The standard InChI is InChI=1S/C13H14O4/c14-10-6-7-15-11-8-16-13(17-12(10)11)9-4-2-1-3-5-9/h1-7,10-14H,8H2/t10?,11?,12-,13?/m0/s1. The second-order valence-corrected chi connectivity index (χ2v) is 4.17. The van der Waals surface area contributed by atoms with Crippen molar-refractivity contribution in [3.63, 3.8) is 0 Å². The molecule has 0 radical (unpaired) electrons. The predicted octanol–water partition coefficient (Wildman–Crippen LogP) is 1.37. The average molecular weight is 234 g/mol. The topological polar surface area (TPSA) is 47.9 Å². The van der Waals surface area contributed by atoms with Gasteiger partial charge >= 0.3 is 0 Å². The van der Waals surface area contributed by atoms with Crippen molar-refractivity contribution in [2.75, 3.05) is 6.61 Å². The summed E-state index contributed by atoms with van der Waals surface area (Å²) in [5, 5.41) is 9.82. The van der Waals surface area contributed by atoms with E-state index in [1.165, 1.54) is 6.26 Å². The summed E-state index contributed by atoms with van der Waals surface area (Å²) < 4.78 is 16.7. The normalized spacial score (nSPS) is 36.1.